The van der Waals surface area contributed by atoms with Crippen LogP contribution in [0.3, 0.4) is 0 Å². The Bertz CT molecular complexity index is 302. The predicted molar refractivity (Wildman–Crippen MR) is 46.3 cm³/mol. The van der Waals surface area contributed by atoms with Crippen molar-refractivity contribution in [3.8, 4) is 11.1 Å². The highest BCUT2D eigenvalue weighted by Gasteiger charge is 1.98. The number of nitrogens with zero attached hydrogens (tertiary/aromatic N) is 1. The van der Waals surface area contributed by atoms with Crippen LogP contribution in [0.15, 0.2) is 48.7 Å². The third-order valence-corrected chi connectivity index (χ3v) is 1.72. The average Bonchev–Trinajstić information content (AvgIpc) is 2.21. The van der Waals surface area contributed by atoms with Gasteiger partial charge >= 0.3 is 12.4 Å². The molecule has 2 aromatic rings. The molecule has 0 saturated heterocycles. The Kier molecular flexibility index (Phi) is 1.75. The molecular weight excluding hydrogens is 146 g/mol. The summed E-state index contributed by atoms with van der Waals surface area (Å²) in [7, 11) is 0. The fourth-order valence-electron chi connectivity index (χ4n) is 1.12. The summed E-state index contributed by atoms with van der Waals surface area (Å²) in [6.45, 7) is 0. The Labute approximate surface area is 71.7 Å². The fraction of sp³-hybridized carbons (Fsp3) is 0. The van der Waals surface area contributed by atoms with Gasteiger partial charge in [-0.3, -0.25) is 0 Å². The molecule has 0 atom stereocenters. The number of aromatic nitrogens is 1. The van der Waals surface area contributed by atoms with Crippen molar-refractivity contribution in [3.63, 3.8) is 0 Å². The summed E-state index contributed by atoms with van der Waals surface area (Å²) >= 11 is 0. The summed E-state index contributed by atoms with van der Waals surface area (Å²) in [6, 6.07) is 14.0. The maximum absolute atomic E-state index is 3.94. The van der Waals surface area contributed by atoms with E-state index in [4.69, 9.17) is 0 Å². The van der Waals surface area contributed by atoms with Crippen LogP contribution in [0.4, 0.5) is 0 Å². The van der Waals surface area contributed by atoms with E-state index in [1.807, 2.05) is 36.5 Å². The second-order valence-electron chi connectivity index (χ2n) is 2.54. The van der Waals surface area contributed by atoms with Gasteiger partial charge in [-0.15, -0.1) is 0 Å². The van der Waals surface area contributed by atoms with Gasteiger partial charge in [0.05, 0.1) is 11.6 Å². The molecule has 0 unspecified atom stereocenters. The summed E-state index contributed by atoms with van der Waals surface area (Å²) in [5.74, 6) is 0. The first-order valence-electron chi connectivity index (χ1n) is 3.84. The van der Waals surface area contributed by atoms with E-state index in [1.165, 1.54) is 5.56 Å². The molecule has 0 aliphatic carbocycles. The summed E-state index contributed by atoms with van der Waals surface area (Å²) in [6.07, 6.45) is 4.57. The lowest BCUT2D eigenvalue weighted by Gasteiger charge is -1.92. The van der Waals surface area contributed by atoms with Crippen molar-refractivity contribution in [3.05, 3.63) is 54.9 Å². The molecule has 0 N–H and O–H groups in total. The Morgan fingerprint density at radius 2 is 1.75 bits per heavy atom. The van der Waals surface area contributed by atoms with Crippen LogP contribution in [-0.4, -0.2) is 0 Å². The normalized spacial score (nSPS) is 9.00. The zero-order valence-electron chi connectivity index (χ0n) is 6.57. The fourth-order valence-corrected chi connectivity index (χ4v) is 1.12. The van der Waals surface area contributed by atoms with Crippen molar-refractivity contribution in [2.24, 2.45) is 0 Å². The van der Waals surface area contributed by atoms with Gasteiger partial charge in [-0.05, 0) is 16.6 Å². The first-order chi connectivity index (χ1) is 5.97. The van der Waals surface area contributed by atoms with Crippen molar-refractivity contribution in [1.82, 2.24) is 0 Å². The first-order valence-corrected chi connectivity index (χ1v) is 3.84. The monoisotopic (exact) mass is 154 g/mol. The van der Waals surface area contributed by atoms with E-state index in [0.717, 1.165) is 5.56 Å². The van der Waals surface area contributed by atoms with E-state index in [9.17, 15) is 0 Å². The van der Waals surface area contributed by atoms with Gasteiger partial charge in [0.25, 0.3) is 0 Å². The molecule has 0 spiro atoms. The van der Waals surface area contributed by atoms with E-state index in [2.05, 4.69) is 23.3 Å². The number of hydrogen-bond acceptors (Lipinski definition) is 0. The molecule has 1 heteroatoms. The van der Waals surface area contributed by atoms with Crippen molar-refractivity contribution in [2.75, 3.05) is 0 Å². The van der Waals surface area contributed by atoms with E-state index in [0.29, 0.717) is 0 Å². The highest BCUT2D eigenvalue weighted by atomic mass is 14.5. The minimum atomic E-state index is 1.13. The topological polar surface area (TPSA) is 14.1 Å². The first kappa shape index (κ1) is 6.87. The molecule has 56 valence electrons. The van der Waals surface area contributed by atoms with Crippen LogP contribution in [0.2, 0.25) is 0 Å². The van der Waals surface area contributed by atoms with E-state index in [1.54, 1.807) is 0 Å². The minimum absolute atomic E-state index is 1.13. The summed E-state index contributed by atoms with van der Waals surface area (Å²) in [4.78, 5) is 3.94. The Hall–Kier alpha value is -1.81. The average molecular weight is 154 g/mol. The summed E-state index contributed by atoms with van der Waals surface area (Å²) in [5, 5.41) is 0. The van der Waals surface area contributed by atoms with E-state index in [-0.39, 0.29) is 0 Å². The second kappa shape index (κ2) is 3.06. The predicted octanol–water partition coefficient (Wildman–Crippen LogP) is 1.75. The molecule has 0 aliphatic heterocycles. The van der Waals surface area contributed by atoms with E-state index < -0.39 is 0 Å². The summed E-state index contributed by atoms with van der Waals surface area (Å²) < 4.78 is 0. The Morgan fingerprint density at radius 3 is 2.42 bits per heavy atom. The van der Waals surface area contributed by atoms with Gasteiger partial charge in [-0.25, -0.2) is 0 Å². The molecular formula is C11H8N+. The van der Waals surface area contributed by atoms with Crippen LogP contribution < -0.4 is 4.98 Å². The lowest BCUT2D eigenvalue weighted by atomic mass is 10.1. The van der Waals surface area contributed by atoms with Gasteiger partial charge in [-0.2, -0.15) is 0 Å². The van der Waals surface area contributed by atoms with Crippen molar-refractivity contribution < 1.29 is 4.98 Å². The molecule has 1 nitrogen and oxygen atoms in total. The van der Waals surface area contributed by atoms with Gasteiger partial charge in [-0.1, -0.05) is 30.3 Å². The lowest BCUT2D eigenvalue weighted by Crippen LogP contribution is -1.88. The number of rotatable bonds is 1. The number of hydrogen-bond donors (Lipinski definition) is 0. The minimum Gasteiger partial charge on any atom is -0.0622 e. The van der Waals surface area contributed by atoms with Gasteiger partial charge < -0.3 is 0 Å². The van der Waals surface area contributed by atoms with Gasteiger partial charge in [0.1, 0.15) is 0 Å². The molecule has 0 bridgehead atoms. The summed E-state index contributed by atoms with van der Waals surface area (Å²) in [5.41, 5.74) is 2.33. The van der Waals surface area contributed by atoms with Crippen LogP contribution in [-0.2, 0) is 0 Å². The quantitative estimate of drug-likeness (QED) is 0.610. The second-order valence-corrected chi connectivity index (χ2v) is 2.54. The molecule has 1 heterocycles. The molecule has 1 aromatic heterocycles. The number of benzene rings is 1. The Morgan fingerprint density at radius 1 is 0.917 bits per heavy atom. The molecule has 0 saturated carbocycles. The Balaban J connectivity index is 2.46. The molecule has 0 aliphatic rings. The van der Waals surface area contributed by atoms with Crippen LogP contribution in [0.1, 0.15) is 0 Å². The van der Waals surface area contributed by atoms with Crippen LogP contribution in [0, 0.1) is 6.20 Å². The van der Waals surface area contributed by atoms with Gasteiger partial charge in [0.15, 0.2) is 0 Å². The molecule has 0 fully saturated rings. The molecule has 0 radical (unpaired) electrons. The van der Waals surface area contributed by atoms with Crippen molar-refractivity contribution in [2.45, 2.75) is 0 Å². The highest BCUT2D eigenvalue weighted by Crippen LogP contribution is 2.14. The van der Waals surface area contributed by atoms with Crippen LogP contribution in [0.5, 0.6) is 0 Å². The zero-order chi connectivity index (χ0) is 8.23. The van der Waals surface area contributed by atoms with Crippen LogP contribution >= 0.6 is 0 Å². The van der Waals surface area contributed by atoms with Gasteiger partial charge in [0.2, 0.25) is 0 Å². The zero-order valence-corrected chi connectivity index (χ0v) is 6.57. The highest BCUT2D eigenvalue weighted by molar-refractivity contribution is 5.60. The van der Waals surface area contributed by atoms with E-state index >= 15 is 0 Å². The smallest absolute Gasteiger partial charge is 0.0622 e. The van der Waals surface area contributed by atoms with Crippen molar-refractivity contribution >= 4 is 0 Å². The largest absolute Gasteiger partial charge is 0.313 e. The molecule has 12 heavy (non-hydrogen) atoms. The van der Waals surface area contributed by atoms with Crippen molar-refractivity contribution in [1.29, 1.82) is 0 Å². The maximum Gasteiger partial charge on any atom is 0.313 e. The SMILES string of the molecule is c1ccc(-c2ccccc2)c[n+]#1. The van der Waals surface area contributed by atoms with Crippen LogP contribution in [0.25, 0.3) is 11.1 Å². The molecule has 0 amide bonds. The lowest BCUT2D eigenvalue weighted by molar-refractivity contribution is -0.293. The third kappa shape index (κ3) is 1.28. The standard InChI is InChI=1S/C11H8N/c1-2-5-10(6-3-1)11-7-4-8-12-9-11/h1-7,9H/q+1. The van der Waals surface area contributed by atoms with Gasteiger partial charge in [0, 0.05) is 0 Å². The molecule has 1 aromatic carbocycles. The maximum atomic E-state index is 3.94. The molecule has 2 rings (SSSR count). The third-order valence-electron chi connectivity index (χ3n) is 1.72.